The maximum Gasteiger partial charge on any atom is 0.243 e. The number of morpholine rings is 1. The zero-order valence-electron chi connectivity index (χ0n) is 15.4. The van der Waals surface area contributed by atoms with Crippen molar-refractivity contribution >= 4 is 33.2 Å². The summed E-state index contributed by atoms with van der Waals surface area (Å²) in [6, 6.07) is 4.07. The van der Waals surface area contributed by atoms with Crippen LogP contribution >= 0.6 is 11.6 Å². The monoisotopic (exact) mass is 403 g/mol. The Labute approximate surface area is 160 Å². The fraction of sp³-hybridized carbons (Fsp3) is 0.588. The molecule has 1 aromatic carbocycles. The van der Waals surface area contributed by atoms with Crippen molar-refractivity contribution < 1.29 is 17.9 Å². The van der Waals surface area contributed by atoms with Crippen LogP contribution in [0.2, 0.25) is 5.02 Å². The van der Waals surface area contributed by atoms with E-state index in [2.05, 4.69) is 10.2 Å². The molecule has 1 heterocycles. The van der Waals surface area contributed by atoms with Gasteiger partial charge in [0.25, 0.3) is 0 Å². The number of anilines is 1. The van der Waals surface area contributed by atoms with E-state index in [0.717, 1.165) is 29.2 Å². The zero-order valence-corrected chi connectivity index (χ0v) is 16.9. The third-order valence-corrected chi connectivity index (χ3v) is 5.98. The van der Waals surface area contributed by atoms with Crippen LogP contribution in [-0.4, -0.2) is 70.9 Å². The van der Waals surface area contributed by atoms with Crippen molar-refractivity contribution in [3.05, 3.63) is 28.8 Å². The lowest BCUT2D eigenvalue weighted by Crippen LogP contribution is -2.49. The highest BCUT2D eigenvalue weighted by atomic mass is 35.5. The molecule has 7 nitrogen and oxygen atoms in total. The minimum absolute atomic E-state index is 0.347. The second-order valence-corrected chi connectivity index (χ2v) is 8.68. The van der Waals surface area contributed by atoms with Crippen LogP contribution in [0.25, 0.3) is 0 Å². The van der Waals surface area contributed by atoms with Gasteiger partial charge in [-0.2, -0.15) is 0 Å². The average molecular weight is 404 g/mol. The van der Waals surface area contributed by atoms with Gasteiger partial charge in [0.05, 0.1) is 25.2 Å². The Hall–Kier alpha value is -1.35. The standard InChI is InChI=1S/C17H26ClN3O4S/c1-13-4-5-15(12-16(13)18)21(26(3,23)24)14(2)17(22)19-6-7-20-8-10-25-11-9-20/h4-5,12,14H,6-11H2,1-3H3,(H,19,22)/t14-/m0/s1. The molecule has 0 aromatic heterocycles. The number of halogens is 1. The Morgan fingerprint density at radius 2 is 2.04 bits per heavy atom. The van der Waals surface area contributed by atoms with Crippen LogP contribution in [0.5, 0.6) is 0 Å². The second-order valence-electron chi connectivity index (χ2n) is 6.41. The summed E-state index contributed by atoms with van der Waals surface area (Å²) in [5.41, 5.74) is 1.21. The SMILES string of the molecule is Cc1ccc(N([C@@H](C)C(=O)NCCN2CCOCC2)S(C)(=O)=O)cc1Cl. The van der Waals surface area contributed by atoms with E-state index in [1.807, 2.05) is 6.92 Å². The number of amides is 1. The Bertz CT molecular complexity index is 736. The third kappa shape index (κ3) is 5.57. The van der Waals surface area contributed by atoms with E-state index in [1.54, 1.807) is 25.1 Å². The van der Waals surface area contributed by atoms with Gasteiger partial charge < -0.3 is 10.1 Å². The van der Waals surface area contributed by atoms with Crippen molar-refractivity contribution in [3.8, 4) is 0 Å². The molecule has 1 fully saturated rings. The molecule has 1 N–H and O–H groups in total. The number of hydrogen-bond acceptors (Lipinski definition) is 5. The topological polar surface area (TPSA) is 79.0 Å². The van der Waals surface area contributed by atoms with Gasteiger partial charge in [0.2, 0.25) is 15.9 Å². The molecule has 1 amide bonds. The summed E-state index contributed by atoms with van der Waals surface area (Å²) in [6.07, 6.45) is 1.08. The van der Waals surface area contributed by atoms with E-state index in [-0.39, 0.29) is 5.91 Å². The molecule has 1 aromatic rings. The zero-order chi connectivity index (χ0) is 19.3. The lowest BCUT2D eigenvalue weighted by Gasteiger charge is -2.29. The van der Waals surface area contributed by atoms with Gasteiger partial charge in [0.1, 0.15) is 6.04 Å². The summed E-state index contributed by atoms with van der Waals surface area (Å²) in [7, 11) is -3.65. The molecule has 0 spiro atoms. The van der Waals surface area contributed by atoms with E-state index >= 15 is 0 Å². The quantitative estimate of drug-likeness (QED) is 0.741. The molecule has 1 saturated heterocycles. The Morgan fingerprint density at radius 3 is 2.62 bits per heavy atom. The molecule has 9 heteroatoms. The van der Waals surface area contributed by atoms with E-state index in [9.17, 15) is 13.2 Å². The number of rotatable bonds is 7. The van der Waals surface area contributed by atoms with Gasteiger partial charge in [0, 0.05) is 31.2 Å². The van der Waals surface area contributed by atoms with Crippen molar-refractivity contribution in [3.63, 3.8) is 0 Å². The van der Waals surface area contributed by atoms with Gasteiger partial charge in [-0.15, -0.1) is 0 Å². The molecule has 0 saturated carbocycles. The number of aryl methyl sites for hydroxylation is 1. The first-order valence-electron chi connectivity index (χ1n) is 8.53. The van der Waals surface area contributed by atoms with Crippen LogP contribution < -0.4 is 9.62 Å². The van der Waals surface area contributed by atoms with Crippen LogP contribution in [0, 0.1) is 6.92 Å². The first-order valence-corrected chi connectivity index (χ1v) is 10.8. The predicted molar refractivity (Wildman–Crippen MR) is 103 cm³/mol. The highest BCUT2D eigenvalue weighted by Gasteiger charge is 2.29. The molecular weight excluding hydrogens is 378 g/mol. The van der Waals surface area contributed by atoms with Crippen molar-refractivity contribution in [2.75, 3.05) is 50.0 Å². The Balaban J connectivity index is 2.04. The van der Waals surface area contributed by atoms with E-state index in [4.69, 9.17) is 16.3 Å². The van der Waals surface area contributed by atoms with Crippen LogP contribution in [0.4, 0.5) is 5.69 Å². The summed E-state index contributed by atoms with van der Waals surface area (Å²) >= 11 is 6.12. The molecule has 1 aliphatic rings. The average Bonchev–Trinajstić information content (AvgIpc) is 2.58. The van der Waals surface area contributed by atoms with Gasteiger partial charge in [-0.05, 0) is 31.5 Å². The summed E-state index contributed by atoms with van der Waals surface area (Å²) in [5.74, 6) is -0.347. The molecule has 0 radical (unpaired) electrons. The van der Waals surface area contributed by atoms with Gasteiger partial charge >= 0.3 is 0 Å². The van der Waals surface area contributed by atoms with E-state index < -0.39 is 16.1 Å². The molecule has 0 bridgehead atoms. The summed E-state index contributed by atoms with van der Waals surface area (Å²) in [6.45, 7) is 7.62. The van der Waals surface area contributed by atoms with Gasteiger partial charge in [0.15, 0.2) is 0 Å². The summed E-state index contributed by atoms with van der Waals surface area (Å²) < 4.78 is 30.9. The molecule has 1 aliphatic heterocycles. The second kappa shape index (κ2) is 9.03. The highest BCUT2D eigenvalue weighted by Crippen LogP contribution is 2.26. The lowest BCUT2D eigenvalue weighted by atomic mass is 10.2. The van der Waals surface area contributed by atoms with Crippen molar-refractivity contribution in [2.45, 2.75) is 19.9 Å². The number of sulfonamides is 1. The number of ether oxygens (including phenoxy) is 1. The Kier molecular flexibility index (Phi) is 7.28. The number of nitrogens with one attached hydrogen (secondary N) is 1. The van der Waals surface area contributed by atoms with Crippen molar-refractivity contribution in [1.29, 1.82) is 0 Å². The summed E-state index contributed by atoms with van der Waals surface area (Å²) in [4.78, 5) is 14.7. The largest absolute Gasteiger partial charge is 0.379 e. The maximum absolute atomic E-state index is 12.5. The molecule has 1 atom stereocenters. The number of carbonyl (C=O) groups excluding carboxylic acids is 1. The molecule has 146 valence electrons. The number of benzene rings is 1. The molecular formula is C17H26ClN3O4S. The molecule has 0 aliphatic carbocycles. The third-order valence-electron chi connectivity index (χ3n) is 4.33. The first kappa shape index (κ1) is 21.0. The van der Waals surface area contributed by atoms with Crippen LogP contribution in [-0.2, 0) is 19.6 Å². The molecule has 2 rings (SSSR count). The predicted octanol–water partition coefficient (Wildman–Crippen LogP) is 1.25. The van der Waals surface area contributed by atoms with E-state index in [0.29, 0.717) is 37.0 Å². The summed E-state index contributed by atoms with van der Waals surface area (Å²) in [5, 5.41) is 3.27. The van der Waals surface area contributed by atoms with Crippen LogP contribution in [0.1, 0.15) is 12.5 Å². The molecule has 26 heavy (non-hydrogen) atoms. The number of hydrogen-bond donors (Lipinski definition) is 1. The number of carbonyl (C=O) groups is 1. The van der Waals surface area contributed by atoms with E-state index in [1.165, 1.54) is 0 Å². The normalized spacial score (nSPS) is 16.9. The fourth-order valence-corrected chi connectivity index (χ4v) is 4.18. The minimum atomic E-state index is -3.65. The highest BCUT2D eigenvalue weighted by molar-refractivity contribution is 7.92. The van der Waals surface area contributed by atoms with Crippen molar-refractivity contribution in [1.82, 2.24) is 10.2 Å². The van der Waals surface area contributed by atoms with Gasteiger partial charge in [-0.25, -0.2) is 8.42 Å². The number of nitrogens with zero attached hydrogens (tertiary/aromatic N) is 2. The van der Waals surface area contributed by atoms with Crippen LogP contribution in [0.3, 0.4) is 0 Å². The molecule has 0 unspecified atom stereocenters. The van der Waals surface area contributed by atoms with Gasteiger partial charge in [-0.3, -0.25) is 14.0 Å². The minimum Gasteiger partial charge on any atom is -0.379 e. The van der Waals surface area contributed by atoms with Crippen LogP contribution in [0.15, 0.2) is 18.2 Å². The Morgan fingerprint density at radius 1 is 1.38 bits per heavy atom. The fourth-order valence-electron chi connectivity index (χ4n) is 2.84. The maximum atomic E-state index is 12.5. The smallest absolute Gasteiger partial charge is 0.243 e. The van der Waals surface area contributed by atoms with Crippen molar-refractivity contribution in [2.24, 2.45) is 0 Å². The first-order chi connectivity index (χ1) is 12.2. The lowest BCUT2D eigenvalue weighted by molar-refractivity contribution is -0.121. The van der Waals surface area contributed by atoms with Gasteiger partial charge in [-0.1, -0.05) is 17.7 Å².